The molecule has 0 N–H and O–H groups in total. The fourth-order valence-corrected chi connectivity index (χ4v) is 2.56. The molecule has 2 rings (SSSR count). The topological polar surface area (TPSA) is 69.6 Å². The van der Waals surface area contributed by atoms with Crippen molar-refractivity contribution in [2.45, 2.75) is 58.2 Å². The van der Waals surface area contributed by atoms with Gasteiger partial charge in [-0.1, -0.05) is 5.16 Å². The summed E-state index contributed by atoms with van der Waals surface area (Å²) in [5.74, 6) is 0. The van der Waals surface area contributed by atoms with Gasteiger partial charge in [-0.3, -0.25) is 0 Å². The molecule has 2 aliphatic heterocycles. The van der Waals surface area contributed by atoms with Gasteiger partial charge < -0.3 is 14.5 Å². The molecule has 0 unspecified atom stereocenters. The van der Waals surface area contributed by atoms with E-state index < -0.39 is 5.60 Å². The molecule has 2 heterocycles. The number of carbonyl (C=O) groups is 1. The highest BCUT2D eigenvalue weighted by molar-refractivity contribution is 5.87. The summed E-state index contributed by atoms with van der Waals surface area (Å²) in [4.78, 5) is 29.3. The molecule has 7 heteroatoms. The average Bonchev–Trinajstić information content (AvgIpc) is 2.81. The lowest BCUT2D eigenvalue weighted by atomic mass is 9.87. The second-order valence-electron chi connectivity index (χ2n) is 6.74. The van der Waals surface area contributed by atoms with Crippen molar-refractivity contribution in [2.24, 2.45) is 5.16 Å². The molecule has 0 radical (unpaired) electrons. The Bertz CT molecular complexity index is 422. The van der Waals surface area contributed by atoms with Gasteiger partial charge in [0.25, 0.3) is 0 Å². The normalized spacial score (nSPS) is 20.7. The quantitative estimate of drug-likeness (QED) is 0.453. The maximum atomic E-state index is 12.1. The summed E-state index contributed by atoms with van der Waals surface area (Å²) in [5, 5.41) is 4.09. The zero-order chi connectivity index (χ0) is 16.2. The third kappa shape index (κ3) is 4.58. The van der Waals surface area contributed by atoms with Crippen LogP contribution in [0.25, 0.3) is 0 Å². The molecule has 1 spiro atoms. The molecule has 1 fully saturated rings. The first-order valence-corrected chi connectivity index (χ1v) is 7.80. The first-order valence-electron chi connectivity index (χ1n) is 7.80. The monoisotopic (exact) mass is 314 g/mol. The molecule has 2 aliphatic rings. The van der Waals surface area contributed by atoms with Gasteiger partial charge in [0, 0.05) is 32.4 Å². The van der Waals surface area contributed by atoms with Gasteiger partial charge in [0.15, 0.2) is 0 Å². The minimum Gasteiger partial charge on any atom is -0.444 e. The van der Waals surface area contributed by atoms with Crippen LogP contribution in [0.1, 0.15) is 47.0 Å². The zero-order valence-electron chi connectivity index (χ0n) is 13.9. The summed E-state index contributed by atoms with van der Waals surface area (Å²) in [7, 11) is 0. The van der Waals surface area contributed by atoms with Crippen molar-refractivity contribution in [1.82, 2.24) is 4.90 Å². The molecule has 0 bridgehead atoms. The SMILES string of the molecule is CCOOCC1=NOC2(CCN(C(=O)OC(C)(C)C)CC2)C1. The summed E-state index contributed by atoms with van der Waals surface area (Å²) in [6.45, 7) is 9.53. The molecule has 0 saturated carbocycles. The molecule has 126 valence electrons. The molecule has 1 amide bonds. The van der Waals surface area contributed by atoms with Crippen LogP contribution in [-0.2, 0) is 19.3 Å². The highest BCUT2D eigenvalue weighted by Crippen LogP contribution is 2.35. The number of nitrogens with zero attached hydrogens (tertiary/aromatic N) is 2. The lowest BCUT2D eigenvalue weighted by Gasteiger charge is -2.37. The second-order valence-corrected chi connectivity index (χ2v) is 6.74. The largest absolute Gasteiger partial charge is 0.444 e. The van der Waals surface area contributed by atoms with Gasteiger partial charge in [-0.05, 0) is 27.7 Å². The summed E-state index contributed by atoms with van der Waals surface area (Å²) < 4.78 is 5.40. The first kappa shape index (κ1) is 17.0. The smallest absolute Gasteiger partial charge is 0.410 e. The Balaban J connectivity index is 1.77. The number of likely N-dealkylation sites (tertiary alicyclic amines) is 1. The molecule has 0 aromatic heterocycles. The molecule has 0 aliphatic carbocycles. The van der Waals surface area contributed by atoms with Crippen LogP contribution in [0.15, 0.2) is 5.16 Å². The molecule has 22 heavy (non-hydrogen) atoms. The van der Waals surface area contributed by atoms with Crippen molar-refractivity contribution in [3.05, 3.63) is 0 Å². The summed E-state index contributed by atoms with van der Waals surface area (Å²) in [5.41, 5.74) is 0.0750. The van der Waals surface area contributed by atoms with Crippen LogP contribution in [-0.4, -0.2) is 54.2 Å². The van der Waals surface area contributed by atoms with E-state index in [2.05, 4.69) is 5.16 Å². The summed E-state index contributed by atoms with van der Waals surface area (Å²) in [6.07, 6.45) is 1.95. The standard InChI is InChI=1S/C15H26N2O5/c1-5-19-20-11-12-10-15(22-16-12)6-8-17(9-7-15)13(18)21-14(2,3)4/h5-11H2,1-4H3. The van der Waals surface area contributed by atoms with Crippen LogP contribution in [0.3, 0.4) is 0 Å². The Kier molecular flexibility index (Phi) is 5.28. The van der Waals surface area contributed by atoms with E-state index in [1.54, 1.807) is 4.90 Å². The number of amides is 1. The van der Waals surface area contributed by atoms with Crippen LogP contribution in [0, 0.1) is 0 Å². The van der Waals surface area contributed by atoms with E-state index in [0.717, 1.165) is 25.0 Å². The van der Waals surface area contributed by atoms with Gasteiger partial charge in [0.1, 0.15) is 17.8 Å². The van der Waals surface area contributed by atoms with Gasteiger partial charge in [0.05, 0.1) is 12.3 Å². The Morgan fingerprint density at radius 1 is 1.32 bits per heavy atom. The highest BCUT2D eigenvalue weighted by Gasteiger charge is 2.43. The number of hydrogen-bond acceptors (Lipinski definition) is 6. The van der Waals surface area contributed by atoms with Crippen LogP contribution < -0.4 is 0 Å². The Morgan fingerprint density at radius 3 is 2.59 bits per heavy atom. The molecule has 1 saturated heterocycles. The van der Waals surface area contributed by atoms with Crippen molar-refractivity contribution in [3.8, 4) is 0 Å². The number of piperidine rings is 1. The zero-order valence-corrected chi connectivity index (χ0v) is 13.9. The molecule has 0 atom stereocenters. The Labute approximate surface area is 131 Å². The van der Waals surface area contributed by atoms with Crippen LogP contribution in [0.5, 0.6) is 0 Å². The van der Waals surface area contributed by atoms with Crippen LogP contribution in [0.2, 0.25) is 0 Å². The van der Waals surface area contributed by atoms with Crippen molar-refractivity contribution in [2.75, 3.05) is 26.3 Å². The van der Waals surface area contributed by atoms with E-state index in [4.69, 9.17) is 19.3 Å². The Hall–Kier alpha value is -1.34. The van der Waals surface area contributed by atoms with Gasteiger partial charge in [-0.25, -0.2) is 14.6 Å². The van der Waals surface area contributed by atoms with Gasteiger partial charge in [-0.15, -0.1) is 0 Å². The summed E-state index contributed by atoms with van der Waals surface area (Å²) in [6, 6.07) is 0. The molecule has 0 aromatic carbocycles. The Morgan fingerprint density at radius 2 is 2.00 bits per heavy atom. The van der Waals surface area contributed by atoms with Crippen molar-refractivity contribution >= 4 is 11.8 Å². The predicted molar refractivity (Wildman–Crippen MR) is 80.5 cm³/mol. The van der Waals surface area contributed by atoms with Crippen molar-refractivity contribution in [3.63, 3.8) is 0 Å². The maximum Gasteiger partial charge on any atom is 0.410 e. The third-order valence-corrected chi connectivity index (χ3v) is 3.65. The van der Waals surface area contributed by atoms with E-state index in [1.165, 1.54) is 0 Å². The fraction of sp³-hybridized carbons (Fsp3) is 0.867. The molecular weight excluding hydrogens is 288 g/mol. The summed E-state index contributed by atoms with van der Waals surface area (Å²) >= 11 is 0. The number of hydrogen-bond donors (Lipinski definition) is 0. The fourth-order valence-electron chi connectivity index (χ4n) is 2.56. The maximum absolute atomic E-state index is 12.1. The lowest BCUT2D eigenvalue weighted by Crippen LogP contribution is -2.48. The van der Waals surface area contributed by atoms with E-state index in [1.807, 2.05) is 27.7 Å². The highest BCUT2D eigenvalue weighted by atomic mass is 17.2. The van der Waals surface area contributed by atoms with Gasteiger partial charge in [-0.2, -0.15) is 0 Å². The van der Waals surface area contributed by atoms with Crippen LogP contribution in [0.4, 0.5) is 4.79 Å². The molecular formula is C15H26N2O5. The van der Waals surface area contributed by atoms with Crippen molar-refractivity contribution < 1.29 is 24.1 Å². The molecule has 0 aromatic rings. The van der Waals surface area contributed by atoms with E-state index in [0.29, 0.717) is 26.3 Å². The lowest BCUT2D eigenvalue weighted by molar-refractivity contribution is -0.279. The first-order chi connectivity index (χ1) is 10.3. The second kappa shape index (κ2) is 6.83. The minimum atomic E-state index is -0.469. The van der Waals surface area contributed by atoms with E-state index in [-0.39, 0.29) is 11.7 Å². The molecule has 7 nitrogen and oxygen atoms in total. The average molecular weight is 314 g/mol. The minimum absolute atomic E-state index is 0.263. The van der Waals surface area contributed by atoms with Crippen molar-refractivity contribution in [1.29, 1.82) is 0 Å². The van der Waals surface area contributed by atoms with Gasteiger partial charge >= 0.3 is 6.09 Å². The number of oxime groups is 1. The number of rotatable bonds is 4. The van der Waals surface area contributed by atoms with Crippen LogP contribution >= 0.6 is 0 Å². The van der Waals surface area contributed by atoms with E-state index >= 15 is 0 Å². The predicted octanol–water partition coefficient (Wildman–Crippen LogP) is 2.50. The van der Waals surface area contributed by atoms with E-state index in [9.17, 15) is 4.79 Å². The number of carbonyl (C=O) groups excluding carboxylic acids is 1. The number of ether oxygens (including phenoxy) is 1. The third-order valence-electron chi connectivity index (χ3n) is 3.65. The van der Waals surface area contributed by atoms with Gasteiger partial charge in [0.2, 0.25) is 0 Å².